The Balaban J connectivity index is 2.33. The van der Waals surface area contributed by atoms with Crippen LogP contribution in [-0.2, 0) is 10.0 Å². The minimum Gasteiger partial charge on any atom is -0.277 e. The van der Waals surface area contributed by atoms with Gasteiger partial charge in [0.15, 0.2) is 5.03 Å². The molecule has 0 amide bonds. The lowest BCUT2D eigenvalue weighted by molar-refractivity contribution is 0.597. The minimum absolute atomic E-state index is 0.00702. The first-order chi connectivity index (χ1) is 7.59. The highest BCUT2D eigenvalue weighted by molar-refractivity contribution is 7.92. The molecule has 0 aliphatic rings. The predicted molar refractivity (Wildman–Crippen MR) is 60.8 cm³/mol. The number of para-hydroxylation sites is 1. The van der Waals surface area contributed by atoms with Crippen molar-refractivity contribution in [2.24, 2.45) is 0 Å². The first-order valence-corrected chi connectivity index (χ1v) is 6.22. The molecule has 0 bridgehead atoms. The molecule has 2 N–H and O–H groups in total. The maximum Gasteiger partial charge on any atom is 0.278 e. The summed E-state index contributed by atoms with van der Waals surface area (Å²) in [5.41, 5.74) is 0.332. The van der Waals surface area contributed by atoms with Gasteiger partial charge in [0.25, 0.3) is 10.0 Å². The zero-order valence-electron chi connectivity index (χ0n) is 8.01. The second-order valence-corrected chi connectivity index (χ2v) is 5.06. The van der Waals surface area contributed by atoms with Gasteiger partial charge in [-0.25, -0.2) is 0 Å². The molecule has 0 saturated carbocycles. The van der Waals surface area contributed by atoms with Crippen LogP contribution in [0.15, 0.2) is 41.6 Å². The maximum atomic E-state index is 11.8. The average molecular weight is 258 g/mol. The molecule has 0 radical (unpaired) electrons. The standard InChI is InChI=1S/C9H8ClN3O2S/c10-7-3-1-2-4-8(7)13-16(14,15)9-5-6-11-12-9/h1-6,13H,(H,11,12). The van der Waals surface area contributed by atoms with Gasteiger partial charge in [0, 0.05) is 0 Å². The Hall–Kier alpha value is -1.53. The van der Waals surface area contributed by atoms with Crippen LogP contribution in [-0.4, -0.2) is 18.6 Å². The molecule has 1 heterocycles. The number of hydrogen-bond donors (Lipinski definition) is 2. The molecule has 0 aliphatic carbocycles. The minimum atomic E-state index is -3.64. The Bertz CT molecular complexity index is 581. The van der Waals surface area contributed by atoms with E-state index in [0.717, 1.165) is 0 Å². The van der Waals surface area contributed by atoms with Crippen molar-refractivity contribution >= 4 is 27.3 Å². The van der Waals surface area contributed by atoms with Gasteiger partial charge >= 0.3 is 0 Å². The number of sulfonamides is 1. The van der Waals surface area contributed by atoms with Crippen molar-refractivity contribution in [2.45, 2.75) is 5.03 Å². The van der Waals surface area contributed by atoms with Crippen molar-refractivity contribution in [1.82, 2.24) is 10.2 Å². The first-order valence-electron chi connectivity index (χ1n) is 4.36. The number of nitrogens with one attached hydrogen (secondary N) is 2. The fourth-order valence-corrected chi connectivity index (χ4v) is 2.37. The van der Waals surface area contributed by atoms with E-state index in [1.807, 2.05) is 0 Å². The number of rotatable bonds is 3. The highest BCUT2D eigenvalue weighted by Gasteiger charge is 2.16. The molecule has 0 saturated heterocycles. The molecule has 0 aliphatic heterocycles. The van der Waals surface area contributed by atoms with Crippen molar-refractivity contribution < 1.29 is 8.42 Å². The third-order valence-electron chi connectivity index (χ3n) is 1.88. The van der Waals surface area contributed by atoms with E-state index in [9.17, 15) is 8.42 Å². The molecule has 0 fully saturated rings. The molecule has 16 heavy (non-hydrogen) atoms. The van der Waals surface area contributed by atoms with Crippen molar-refractivity contribution in [1.29, 1.82) is 0 Å². The Morgan fingerprint density at radius 1 is 1.25 bits per heavy atom. The van der Waals surface area contributed by atoms with Gasteiger partial charge < -0.3 is 0 Å². The molecule has 7 heteroatoms. The van der Waals surface area contributed by atoms with Gasteiger partial charge in [0.1, 0.15) is 0 Å². The normalized spacial score (nSPS) is 11.3. The first kappa shape index (κ1) is 11.0. The van der Waals surface area contributed by atoms with Gasteiger partial charge in [-0.2, -0.15) is 13.5 Å². The summed E-state index contributed by atoms with van der Waals surface area (Å²) in [6.45, 7) is 0. The van der Waals surface area contributed by atoms with Gasteiger partial charge in [-0.05, 0) is 18.2 Å². The number of anilines is 1. The maximum absolute atomic E-state index is 11.8. The number of hydrogen-bond acceptors (Lipinski definition) is 3. The van der Waals surface area contributed by atoms with Crippen LogP contribution in [0.2, 0.25) is 5.02 Å². The summed E-state index contributed by atoms with van der Waals surface area (Å²) >= 11 is 5.84. The van der Waals surface area contributed by atoms with E-state index < -0.39 is 10.0 Å². The van der Waals surface area contributed by atoms with E-state index >= 15 is 0 Å². The van der Waals surface area contributed by atoms with Crippen LogP contribution in [0.3, 0.4) is 0 Å². The Kier molecular flexibility index (Phi) is 2.84. The topological polar surface area (TPSA) is 74.8 Å². The number of benzene rings is 1. The number of H-pyrrole nitrogens is 1. The fraction of sp³-hybridized carbons (Fsp3) is 0. The lowest BCUT2D eigenvalue weighted by Gasteiger charge is -2.07. The molecule has 2 aromatic rings. The van der Waals surface area contributed by atoms with Crippen molar-refractivity contribution in [3.63, 3.8) is 0 Å². The lowest BCUT2D eigenvalue weighted by atomic mass is 10.3. The van der Waals surface area contributed by atoms with Crippen LogP contribution >= 0.6 is 11.6 Å². The highest BCUT2D eigenvalue weighted by atomic mass is 35.5. The summed E-state index contributed by atoms with van der Waals surface area (Å²) in [6, 6.07) is 7.95. The molecule has 0 spiro atoms. The van der Waals surface area contributed by atoms with Crippen LogP contribution in [0.5, 0.6) is 0 Å². The number of aromatic amines is 1. The zero-order chi connectivity index (χ0) is 11.6. The van der Waals surface area contributed by atoms with Crippen LogP contribution in [0.1, 0.15) is 0 Å². The van der Waals surface area contributed by atoms with E-state index in [1.54, 1.807) is 24.3 Å². The Morgan fingerprint density at radius 2 is 2.00 bits per heavy atom. The van der Waals surface area contributed by atoms with Crippen LogP contribution in [0.4, 0.5) is 5.69 Å². The molecule has 84 valence electrons. The summed E-state index contributed by atoms with van der Waals surface area (Å²) < 4.78 is 25.9. The summed E-state index contributed by atoms with van der Waals surface area (Å²) in [5, 5.41) is 6.28. The van der Waals surface area contributed by atoms with E-state index in [-0.39, 0.29) is 5.03 Å². The van der Waals surface area contributed by atoms with Gasteiger partial charge in [0.05, 0.1) is 16.9 Å². The smallest absolute Gasteiger partial charge is 0.277 e. The number of aromatic nitrogens is 2. The second-order valence-electron chi connectivity index (χ2n) is 3.01. The summed E-state index contributed by atoms with van der Waals surface area (Å²) in [4.78, 5) is 0. The summed E-state index contributed by atoms with van der Waals surface area (Å²) in [6.07, 6.45) is 1.36. The molecule has 1 aromatic heterocycles. The van der Waals surface area contributed by atoms with Crippen molar-refractivity contribution in [2.75, 3.05) is 4.72 Å². The Labute approximate surface area is 97.5 Å². The quantitative estimate of drug-likeness (QED) is 0.881. The largest absolute Gasteiger partial charge is 0.278 e. The third-order valence-corrected chi connectivity index (χ3v) is 3.51. The number of halogens is 1. The highest BCUT2D eigenvalue weighted by Crippen LogP contribution is 2.23. The monoisotopic (exact) mass is 257 g/mol. The molecular formula is C9H8ClN3O2S. The van der Waals surface area contributed by atoms with E-state index in [1.165, 1.54) is 12.3 Å². The van der Waals surface area contributed by atoms with Crippen LogP contribution in [0, 0.1) is 0 Å². The predicted octanol–water partition coefficient (Wildman–Crippen LogP) is 1.86. The summed E-state index contributed by atoms with van der Waals surface area (Å²) in [5.74, 6) is 0. The van der Waals surface area contributed by atoms with Gasteiger partial charge in [-0.15, -0.1) is 0 Å². The van der Waals surface area contributed by atoms with Crippen LogP contribution in [0.25, 0.3) is 0 Å². The van der Waals surface area contributed by atoms with Gasteiger partial charge in [-0.1, -0.05) is 23.7 Å². The lowest BCUT2D eigenvalue weighted by Crippen LogP contribution is -2.13. The Morgan fingerprint density at radius 3 is 2.62 bits per heavy atom. The average Bonchev–Trinajstić information content (AvgIpc) is 2.75. The fourth-order valence-electron chi connectivity index (χ4n) is 1.14. The van der Waals surface area contributed by atoms with E-state index in [2.05, 4.69) is 14.9 Å². The SMILES string of the molecule is O=S(=O)(Nc1ccccc1Cl)c1ccn[nH]1. The molecule has 5 nitrogen and oxygen atoms in total. The number of nitrogens with zero attached hydrogens (tertiary/aromatic N) is 1. The van der Waals surface area contributed by atoms with E-state index in [4.69, 9.17) is 11.6 Å². The van der Waals surface area contributed by atoms with Crippen molar-refractivity contribution in [3.05, 3.63) is 41.6 Å². The summed E-state index contributed by atoms with van der Waals surface area (Å²) in [7, 11) is -3.64. The van der Waals surface area contributed by atoms with E-state index in [0.29, 0.717) is 10.7 Å². The third kappa shape index (κ3) is 2.17. The molecular weight excluding hydrogens is 250 g/mol. The molecule has 0 atom stereocenters. The van der Waals surface area contributed by atoms with Crippen LogP contribution < -0.4 is 4.72 Å². The molecule has 1 aromatic carbocycles. The molecule has 0 unspecified atom stereocenters. The van der Waals surface area contributed by atoms with Crippen molar-refractivity contribution in [3.8, 4) is 0 Å². The zero-order valence-corrected chi connectivity index (χ0v) is 9.59. The molecule has 2 rings (SSSR count). The van der Waals surface area contributed by atoms with Gasteiger partial charge in [0.2, 0.25) is 0 Å². The second kappa shape index (κ2) is 4.15. The van der Waals surface area contributed by atoms with Gasteiger partial charge in [-0.3, -0.25) is 9.82 Å².